The van der Waals surface area contributed by atoms with Crippen molar-refractivity contribution in [1.82, 2.24) is 20.1 Å². The minimum Gasteiger partial charge on any atom is -0.480 e. The Morgan fingerprint density at radius 1 is 1.50 bits per heavy atom. The lowest BCUT2D eigenvalue weighted by molar-refractivity contribution is -0.140. The molecular formula is C12H12N4O3S. The van der Waals surface area contributed by atoms with Crippen LogP contribution < -0.4 is 5.32 Å². The van der Waals surface area contributed by atoms with Crippen LogP contribution >= 0.6 is 11.3 Å². The summed E-state index contributed by atoms with van der Waals surface area (Å²) in [4.78, 5) is 27.3. The Morgan fingerprint density at radius 3 is 2.80 bits per heavy atom. The number of carboxylic acids is 1. The number of amides is 1. The van der Waals surface area contributed by atoms with Gasteiger partial charge < -0.3 is 10.4 Å². The van der Waals surface area contributed by atoms with E-state index < -0.39 is 17.4 Å². The first-order chi connectivity index (χ1) is 9.50. The predicted octanol–water partition coefficient (Wildman–Crippen LogP) is 0.891. The molecule has 8 heteroatoms. The van der Waals surface area contributed by atoms with Crippen LogP contribution in [-0.2, 0) is 11.8 Å². The number of thiazole rings is 1. The van der Waals surface area contributed by atoms with Crippen LogP contribution in [-0.4, -0.2) is 37.3 Å². The van der Waals surface area contributed by atoms with Crippen LogP contribution in [0.2, 0.25) is 0 Å². The maximum absolute atomic E-state index is 12.0. The molecule has 7 nitrogen and oxygen atoms in total. The molecule has 1 fully saturated rings. The van der Waals surface area contributed by atoms with Gasteiger partial charge >= 0.3 is 5.97 Å². The minimum atomic E-state index is -1.09. The predicted molar refractivity (Wildman–Crippen MR) is 71.4 cm³/mol. The number of hydrogen-bond acceptors (Lipinski definition) is 5. The zero-order chi connectivity index (χ0) is 14.3. The molecule has 0 radical (unpaired) electrons. The second kappa shape index (κ2) is 4.41. The van der Waals surface area contributed by atoms with E-state index in [9.17, 15) is 9.59 Å². The van der Waals surface area contributed by atoms with Crippen molar-refractivity contribution in [3.8, 4) is 10.6 Å². The molecule has 20 heavy (non-hydrogen) atoms. The lowest BCUT2D eigenvalue weighted by Crippen LogP contribution is -2.43. The molecule has 3 rings (SSSR count). The van der Waals surface area contributed by atoms with Gasteiger partial charge in [0.25, 0.3) is 5.91 Å². The minimum absolute atomic E-state index is 0.237. The van der Waals surface area contributed by atoms with Crippen molar-refractivity contribution in [3.63, 3.8) is 0 Å². The van der Waals surface area contributed by atoms with Gasteiger partial charge in [0.2, 0.25) is 0 Å². The summed E-state index contributed by atoms with van der Waals surface area (Å²) in [6, 6.07) is 0. The van der Waals surface area contributed by atoms with E-state index in [2.05, 4.69) is 15.4 Å². The Bertz CT molecular complexity index is 686. The van der Waals surface area contributed by atoms with E-state index in [0.717, 1.165) is 5.56 Å². The van der Waals surface area contributed by atoms with Crippen LogP contribution in [0.25, 0.3) is 10.6 Å². The van der Waals surface area contributed by atoms with Crippen molar-refractivity contribution in [2.45, 2.75) is 18.4 Å². The molecule has 0 atom stereocenters. The molecule has 0 unspecified atom stereocenters. The molecular weight excluding hydrogens is 280 g/mol. The normalized spacial score (nSPS) is 15.8. The van der Waals surface area contributed by atoms with Gasteiger partial charge in [-0.05, 0) is 12.8 Å². The van der Waals surface area contributed by atoms with E-state index in [0.29, 0.717) is 17.8 Å². The maximum atomic E-state index is 12.0. The van der Waals surface area contributed by atoms with E-state index in [-0.39, 0.29) is 5.69 Å². The fraction of sp³-hybridized carbons (Fsp3) is 0.333. The molecule has 1 amide bonds. The highest BCUT2D eigenvalue weighted by Crippen LogP contribution is 2.36. The Labute approximate surface area is 118 Å². The van der Waals surface area contributed by atoms with Gasteiger partial charge in [0.05, 0.1) is 6.20 Å². The number of hydrogen-bond donors (Lipinski definition) is 2. The third-order valence-corrected chi connectivity index (χ3v) is 4.09. The van der Waals surface area contributed by atoms with Crippen LogP contribution in [0.3, 0.4) is 0 Å². The monoisotopic (exact) mass is 292 g/mol. The maximum Gasteiger partial charge on any atom is 0.329 e. The van der Waals surface area contributed by atoms with Crippen molar-refractivity contribution in [2.75, 3.05) is 0 Å². The number of carbonyl (C=O) groups excluding carboxylic acids is 1. The molecule has 104 valence electrons. The average molecular weight is 292 g/mol. The molecule has 1 saturated carbocycles. The molecule has 1 aliphatic rings. The summed E-state index contributed by atoms with van der Waals surface area (Å²) in [5, 5.41) is 17.9. The summed E-state index contributed by atoms with van der Waals surface area (Å²) in [5.41, 5.74) is -0.0212. The van der Waals surface area contributed by atoms with Crippen molar-refractivity contribution >= 4 is 23.2 Å². The number of aryl methyl sites for hydroxylation is 1. The number of aromatic nitrogens is 3. The van der Waals surface area contributed by atoms with Gasteiger partial charge in [-0.25, -0.2) is 9.78 Å². The Hall–Kier alpha value is -2.22. The van der Waals surface area contributed by atoms with Gasteiger partial charge in [-0.2, -0.15) is 5.10 Å². The average Bonchev–Trinajstić information content (AvgIpc) is 2.86. The van der Waals surface area contributed by atoms with E-state index in [1.54, 1.807) is 29.5 Å². The smallest absolute Gasteiger partial charge is 0.329 e. The van der Waals surface area contributed by atoms with Crippen LogP contribution in [0.1, 0.15) is 23.3 Å². The summed E-state index contributed by atoms with van der Waals surface area (Å²) >= 11 is 1.33. The van der Waals surface area contributed by atoms with E-state index in [1.807, 2.05) is 0 Å². The topological polar surface area (TPSA) is 97.1 Å². The molecule has 0 saturated heterocycles. The number of aliphatic carboxylic acids is 1. The van der Waals surface area contributed by atoms with Crippen molar-refractivity contribution in [1.29, 1.82) is 0 Å². The van der Waals surface area contributed by atoms with E-state index in [4.69, 9.17) is 5.11 Å². The fourth-order valence-corrected chi connectivity index (χ4v) is 2.62. The fourth-order valence-electron chi connectivity index (χ4n) is 1.84. The summed E-state index contributed by atoms with van der Waals surface area (Å²) < 4.78 is 1.65. The molecule has 2 aromatic heterocycles. The Kier molecular flexibility index (Phi) is 2.82. The van der Waals surface area contributed by atoms with E-state index in [1.165, 1.54) is 11.3 Å². The van der Waals surface area contributed by atoms with Crippen LogP contribution in [0, 0.1) is 0 Å². The first-order valence-electron chi connectivity index (χ1n) is 6.01. The van der Waals surface area contributed by atoms with E-state index >= 15 is 0 Å². The summed E-state index contributed by atoms with van der Waals surface area (Å²) in [6.07, 6.45) is 4.40. The van der Waals surface area contributed by atoms with Crippen LogP contribution in [0.5, 0.6) is 0 Å². The summed E-state index contributed by atoms with van der Waals surface area (Å²) in [7, 11) is 1.80. The largest absolute Gasteiger partial charge is 0.480 e. The molecule has 2 N–H and O–H groups in total. The van der Waals surface area contributed by atoms with Gasteiger partial charge in [0, 0.05) is 24.2 Å². The second-order valence-electron chi connectivity index (χ2n) is 4.78. The second-order valence-corrected chi connectivity index (χ2v) is 5.64. The lowest BCUT2D eigenvalue weighted by Gasteiger charge is -2.10. The molecule has 0 bridgehead atoms. The molecule has 2 heterocycles. The van der Waals surface area contributed by atoms with Gasteiger partial charge in [-0.3, -0.25) is 9.48 Å². The standard InChI is InChI=1S/C12H12N4O3S/c1-16-5-7(4-13-16)10-14-8(6-20-10)9(17)15-12(2-3-12)11(18)19/h4-6H,2-3H2,1H3,(H,15,17)(H,18,19). The first-order valence-corrected chi connectivity index (χ1v) is 6.89. The van der Waals surface area contributed by atoms with Gasteiger partial charge in [0.15, 0.2) is 0 Å². The van der Waals surface area contributed by atoms with Crippen LogP contribution in [0.4, 0.5) is 0 Å². The van der Waals surface area contributed by atoms with Crippen LogP contribution in [0.15, 0.2) is 17.8 Å². The van der Waals surface area contributed by atoms with Gasteiger partial charge in [-0.15, -0.1) is 11.3 Å². The number of nitrogens with zero attached hydrogens (tertiary/aromatic N) is 3. The molecule has 1 aliphatic carbocycles. The molecule has 0 spiro atoms. The highest BCUT2D eigenvalue weighted by atomic mass is 32.1. The third-order valence-electron chi connectivity index (χ3n) is 3.20. The number of rotatable bonds is 4. The van der Waals surface area contributed by atoms with Crippen molar-refractivity contribution in [3.05, 3.63) is 23.5 Å². The van der Waals surface area contributed by atoms with Crippen molar-refractivity contribution < 1.29 is 14.7 Å². The molecule has 2 aromatic rings. The SMILES string of the molecule is Cn1cc(-c2nc(C(=O)NC3(C(=O)O)CC3)cs2)cn1. The van der Waals surface area contributed by atoms with Gasteiger partial charge in [0.1, 0.15) is 16.2 Å². The highest BCUT2D eigenvalue weighted by Gasteiger charge is 2.51. The number of nitrogens with one attached hydrogen (secondary N) is 1. The molecule has 0 aliphatic heterocycles. The number of carboxylic acid groups (broad SMARTS) is 1. The number of carbonyl (C=O) groups is 2. The quantitative estimate of drug-likeness (QED) is 0.872. The molecule has 0 aromatic carbocycles. The highest BCUT2D eigenvalue weighted by molar-refractivity contribution is 7.13. The summed E-state index contributed by atoms with van der Waals surface area (Å²) in [5.74, 6) is -1.44. The van der Waals surface area contributed by atoms with Gasteiger partial charge in [-0.1, -0.05) is 0 Å². The third kappa shape index (κ3) is 2.18. The Morgan fingerprint density at radius 2 is 2.25 bits per heavy atom. The first kappa shape index (κ1) is 12.8. The Balaban J connectivity index is 1.77. The van der Waals surface area contributed by atoms with Crippen molar-refractivity contribution in [2.24, 2.45) is 7.05 Å². The summed E-state index contributed by atoms with van der Waals surface area (Å²) in [6.45, 7) is 0. The lowest BCUT2D eigenvalue weighted by atomic mass is 10.2. The zero-order valence-electron chi connectivity index (χ0n) is 10.7. The zero-order valence-corrected chi connectivity index (χ0v) is 11.5.